The van der Waals surface area contributed by atoms with Crippen molar-refractivity contribution in [1.29, 1.82) is 0 Å². The van der Waals surface area contributed by atoms with Gasteiger partial charge in [-0.25, -0.2) is 4.39 Å². The van der Waals surface area contributed by atoms with Gasteiger partial charge in [-0.2, -0.15) is 0 Å². The molecular weight excluding hydrogens is 271 g/mol. The van der Waals surface area contributed by atoms with Gasteiger partial charge in [0.2, 0.25) is 0 Å². The van der Waals surface area contributed by atoms with Gasteiger partial charge in [0.25, 0.3) is 0 Å². The molecule has 0 aromatic heterocycles. The zero-order chi connectivity index (χ0) is 11.9. The number of carbonyl (C=O) groups excluding carboxylic acids is 1. The minimum absolute atomic E-state index is 0.162. The van der Waals surface area contributed by atoms with Crippen LogP contribution in [0.25, 0.3) is 0 Å². The smallest absolute Gasteiger partial charge is 0.139 e. The van der Waals surface area contributed by atoms with Gasteiger partial charge in [0.1, 0.15) is 11.6 Å². The lowest BCUT2D eigenvalue weighted by molar-refractivity contribution is -0.124. The fourth-order valence-electron chi connectivity index (χ4n) is 2.35. The van der Waals surface area contributed by atoms with Crippen LogP contribution in [0.4, 0.5) is 4.39 Å². The first-order valence-corrected chi connectivity index (χ1v) is 6.17. The number of carbonyl (C=O) groups is 1. The summed E-state index contributed by atoms with van der Waals surface area (Å²) in [5.41, 5.74) is 0.662. The van der Waals surface area contributed by atoms with Crippen LogP contribution in [0.1, 0.15) is 38.2 Å². The molecule has 0 aliphatic heterocycles. The highest BCUT2D eigenvalue weighted by molar-refractivity contribution is 9.10. The summed E-state index contributed by atoms with van der Waals surface area (Å²) in [5.74, 6) is 0.189. The van der Waals surface area contributed by atoms with Gasteiger partial charge in [-0.15, -0.1) is 0 Å². The van der Waals surface area contributed by atoms with Crippen molar-refractivity contribution in [1.82, 2.24) is 0 Å². The number of hydrogen-bond donors (Lipinski definition) is 0. The Hall–Kier alpha value is -0.700. The Morgan fingerprint density at radius 2 is 2.06 bits per heavy atom. The quantitative estimate of drug-likeness (QED) is 0.760. The molecule has 1 aromatic rings. The van der Waals surface area contributed by atoms with Gasteiger partial charge < -0.3 is 0 Å². The van der Waals surface area contributed by atoms with Gasteiger partial charge in [0.05, 0.1) is 0 Å². The average Bonchev–Trinajstić information content (AvgIpc) is 2.40. The number of hydrogen-bond acceptors (Lipinski definition) is 1. The first-order valence-electron chi connectivity index (χ1n) is 5.38. The van der Waals surface area contributed by atoms with Crippen LogP contribution in [-0.4, -0.2) is 5.78 Å². The lowest BCUT2D eigenvalue weighted by Gasteiger charge is -2.15. The molecule has 0 unspecified atom stereocenters. The lowest BCUT2D eigenvalue weighted by atomic mass is 9.88. The van der Waals surface area contributed by atoms with E-state index < -0.39 is 0 Å². The zero-order valence-electron chi connectivity index (χ0n) is 9.39. The van der Waals surface area contributed by atoms with Crippen molar-refractivity contribution in [3.05, 3.63) is 34.1 Å². The second-order valence-corrected chi connectivity index (χ2v) is 6.03. The Balaban J connectivity index is 2.30. The topological polar surface area (TPSA) is 17.1 Å². The largest absolute Gasteiger partial charge is 0.299 e. The summed E-state index contributed by atoms with van der Waals surface area (Å²) < 4.78 is 14.0. The third-order valence-corrected chi connectivity index (χ3v) is 3.76. The molecule has 0 amide bonds. The van der Waals surface area contributed by atoms with Gasteiger partial charge in [0, 0.05) is 16.3 Å². The van der Waals surface area contributed by atoms with Crippen molar-refractivity contribution < 1.29 is 9.18 Å². The fraction of sp³-hybridized carbons (Fsp3) is 0.462. The van der Waals surface area contributed by atoms with Gasteiger partial charge in [-0.3, -0.25) is 4.79 Å². The maximum Gasteiger partial charge on any atom is 0.139 e. The Bertz CT molecular complexity index is 419. The second kappa shape index (κ2) is 3.95. The van der Waals surface area contributed by atoms with Crippen molar-refractivity contribution in [2.75, 3.05) is 0 Å². The molecule has 3 heteroatoms. The summed E-state index contributed by atoms with van der Waals surface area (Å²) in [6.07, 6.45) is 1.34. The van der Waals surface area contributed by atoms with Crippen LogP contribution in [0.15, 0.2) is 22.7 Å². The molecule has 0 bridgehead atoms. The number of Topliss-reactive ketones (excluding diaryl/α,β-unsaturated/α-hetero) is 1. The van der Waals surface area contributed by atoms with Crippen LogP contribution in [0.3, 0.4) is 0 Å². The molecule has 1 nitrogen and oxygen atoms in total. The summed E-state index contributed by atoms with van der Waals surface area (Å²) in [6.45, 7) is 3.92. The van der Waals surface area contributed by atoms with E-state index in [9.17, 15) is 9.18 Å². The molecule has 1 aliphatic rings. The molecule has 0 N–H and O–H groups in total. The van der Waals surface area contributed by atoms with E-state index in [1.54, 1.807) is 0 Å². The van der Waals surface area contributed by atoms with E-state index in [0.29, 0.717) is 6.42 Å². The molecule has 2 rings (SSSR count). The fourth-order valence-corrected chi connectivity index (χ4v) is 2.83. The molecule has 1 atom stereocenters. The average molecular weight is 285 g/mol. The third kappa shape index (κ3) is 2.19. The lowest BCUT2D eigenvalue weighted by Crippen LogP contribution is -2.15. The highest BCUT2D eigenvalue weighted by Gasteiger charge is 2.39. The molecule has 1 saturated carbocycles. The van der Waals surface area contributed by atoms with Crippen LogP contribution < -0.4 is 0 Å². The van der Waals surface area contributed by atoms with Crippen LogP contribution in [0.2, 0.25) is 0 Å². The Kier molecular flexibility index (Phi) is 2.91. The first kappa shape index (κ1) is 11.8. The van der Waals surface area contributed by atoms with Crippen LogP contribution in [0.5, 0.6) is 0 Å². The van der Waals surface area contributed by atoms with E-state index in [0.717, 1.165) is 16.5 Å². The highest BCUT2D eigenvalue weighted by Crippen LogP contribution is 2.43. The maximum atomic E-state index is 13.3. The summed E-state index contributed by atoms with van der Waals surface area (Å²) in [4.78, 5) is 11.7. The number of halogens is 2. The SMILES string of the molecule is CC1(C)C[C@H](c2cc(F)cc(Br)c2)CC1=O. The van der Waals surface area contributed by atoms with Crippen LogP contribution in [-0.2, 0) is 4.79 Å². The molecule has 1 fully saturated rings. The van der Waals surface area contributed by atoms with Crippen LogP contribution in [0, 0.1) is 11.2 Å². The van der Waals surface area contributed by atoms with E-state index >= 15 is 0 Å². The monoisotopic (exact) mass is 284 g/mol. The predicted octanol–water partition coefficient (Wildman–Crippen LogP) is 4.06. The molecule has 0 saturated heterocycles. The number of rotatable bonds is 1. The van der Waals surface area contributed by atoms with Gasteiger partial charge in [-0.05, 0) is 36.1 Å². The summed E-state index contributed by atoms with van der Waals surface area (Å²) in [6, 6.07) is 4.87. The molecule has 0 heterocycles. The summed E-state index contributed by atoms with van der Waals surface area (Å²) in [7, 11) is 0. The summed E-state index contributed by atoms with van der Waals surface area (Å²) >= 11 is 3.28. The van der Waals surface area contributed by atoms with Crippen molar-refractivity contribution in [2.45, 2.75) is 32.6 Å². The zero-order valence-corrected chi connectivity index (χ0v) is 11.0. The second-order valence-electron chi connectivity index (χ2n) is 5.12. The van der Waals surface area contributed by atoms with Crippen molar-refractivity contribution >= 4 is 21.7 Å². The molecule has 1 aliphatic carbocycles. The van der Waals surface area contributed by atoms with Crippen molar-refractivity contribution in [3.63, 3.8) is 0 Å². The van der Waals surface area contributed by atoms with Crippen molar-refractivity contribution in [2.24, 2.45) is 5.41 Å². The van der Waals surface area contributed by atoms with E-state index in [1.165, 1.54) is 12.1 Å². The van der Waals surface area contributed by atoms with E-state index in [2.05, 4.69) is 15.9 Å². The number of ketones is 1. The number of benzene rings is 1. The molecule has 86 valence electrons. The minimum Gasteiger partial charge on any atom is -0.299 e. The predicted molar refractivity (Wildman–Crippen MR) is 64.9 cm³/mol. The molecule has 1 aromatic carbocycles. The molecule has 0 spiro atoms. The molecular formula is C13H14BrFO. The molecule has 16 heavy (non-hydrogen) atoms. The molecule has 0 radical (unpaired) electrons. The summed E-state index contributed by atoms with van der Waals surface area (Å²) in [5, 5.41) is 0. The van der Waals surface area contributed by atoms with Crippen LogP contribution >= 0.6 is 15.9 Å². The van der Waals surface area contributed by atoms with E-state index in [1.807, 2.05) is 19.9 Å². The Morgan fingerprint density at radius 3 is 2.56 bits per heavy atom. The van der Waals surface area contributed by atoms with E-state index in [-0.39, 0.29) is 22.9 Å². The maximum absolute atomic E-state index is 13.3. The van der Waals surface area contributed by atoms with Gasteiger partial charge >= 0.3 is 0 Å². The normalized spacial score (nSPS) is 23.8. The Labute approximate surface area is 103 Å². The third-order valence-electron chi connectivity index (χ3n) is 3.30. The first-order chi connectivity index (χ1) is 7.38. The standard InChI is InChI=1S/C13H14BrFO/c1-13(2)7-9(5-12(13)16)8-3-10(14)6-11(15)4-8/h3-4,6,9H,5,7H2,1-2H3/t9-/m1/s1. The highest BCUT2D eigenvalue weighted by atomic mass is 79.9. The Morgan fingerprint density at radius 1 is 1.38 bits per heavy atom. The van der Waals surface area contributed by atoms with Crippen molar-refractivity contribution in [3.8, 4) is 0 Å². The van der Waals surface area contributed by atoms with E-state index in [4.69, 9.17) is 0 Å². The van der Waals surface area contributed by atoms with Gasteiger partial charge in [-0.1, -0.05) is 29.8 Å². The van der Waals surface area contributed by atoms with Gasteiger partial charge in [0.15, 0.2) is 0 Å². The minimum atomic E-state index is -0.260.